The van der Waals surface area contributed by atoms with Crippen molar-refractivity contribution in [2.45, 2.75) is 32.7 Å². The number of carbonyl (C=O) groups excluding carboxylic acids is 1. The van der Waals surface area contributed by atoms with E-state index in [2.05, 4.69) is 10.0 Å². The molecule has 0 aromatic heterocycles. The Morgan fingerprint density at radius 1 is 1.70 bits per heavy atom. The van der Waals surface area contributed by atoms with E-state index in [4.69, 9.17) is 5.53 Å². The Bertz CT molecular complexity index is 160. The number of Topliss-reactive ketones (excluding diaryl/α,β-unsaturated/α-hetero) is 1. The molecule has 0 amide bonds. The molecule has 0 radical (unpaired) electrons. The molecule has 0 saturated heterocycles. The molecule has 0 spiro atoms. The van der Waals surface area contributed by atoms with Gasteiger partial charge in [0.25, 0.3) is 0 Å². The highest BCUT2D eigenvalue weighted by Gasteiger charge is 2.10. The van der Waals surface area contributed by atoms with E-state index in [9.17, 15) is 4.79 Å². The van der Waals surface area contributed by atoms with E-state index >= 15 is 0 Å². The van der Waals surface area contributed by atoms with Gasteiger partial charge in [0.05, 0.1) is 6.04 Å². The second kappa shape index (κ2) is 4.82. The molecule has 0 saturated carbocycles. The lowest BCUT2D eigenvalue weighted by Crippen LogP contribution is -2.15. The first-order chi connectivity index (χ1) is 4.76. The molecule has 0 aliphatic carbocycles. The minimum atomic E-state index is -0.449. The quantitative estimate of drug-likeness (QED) is 0.335. The van der Waals surface area contributed by atoms with Crippen LogP contribution in [0.15, 0.2) is 5.11 Å². The van der Waals surface area contributed by atoms with Gasteiger partial charge in [0, 0.05) is 11.3 Å². The molecule has 1 atom stereocenters. The standard InChI is InChI=1S/C6H11N3O/c1-3-5(8-9-7)6(10)4-2/h5H,3-4H2,1-2H3. The lowest BCUT2D eigenvalue weighted by atomic mass is 10.1. The van der Waals surface area contributed by atoms with Gasteiger partial charge in [-0.3, -0.25) is 4.79 Å². The number of ketones is 1. The minimum Gasteiger partial charge on any atom is -0.299 e. The summed E-state index contributed by atoms with van der Waals surface area (Å²) in [6.07, 6.45) is 1.04. The van der Waals surface area contributed by atoms with Crippen molar-refractivity contribution in [3.8, 4) is 0 Å². The molecule has 0 bridgehead atoms. The van der Waals surface area contributed by atoms with Crippen LogP contribution in [0.4, 0.5) is 0 Å². The smallest absolute Gasteiger partial charge is 0.141 e. The summed E-state index contributed by atoms with van der Waals surface area (Å²) in [7, 11) is 0. The van der Waals surface area contributed by atoms with Crippen LogP contribution in [0.25, 0.3) is 10.4 Å². The molecule has 1 unspecified atom stereocenters. The highest BCUT2D eigenvalue weighted by Crippen LogP contribution is 2.01. The molecule has 0 rings (SSSR count). The van der Waals surface area contributed by atoms with Gasteiger partial charge in [-0.05, 0) is 12.0 Å². The number of azide groups is 1. The van der Waals surface area contributed by atoms with E-state index in [1.165, 1.54) is 0 Å². The molecular weight excluding hydrogens is 130 g/mol. The van der Waals surface area contributed by atoms with Gasteiger partial charge in [-0.2, -0.15) is 0 Å². The lowest BCUT2D eigenvalue weighted by molar-refractivity contribution is -0.120. The van der Waals surface area contributed by atoms with Crippen molar-refractivity contribution in [3.63, 3.8) is 0 Å². The normalized spacial score (nSPS) is 11.8. The third kappa shape index (κ3) is 2.51. The summed E-state index contributed by atoms with van der Waals surface area (Å²) in [6.45, 7) is 3.59. The highest BCUT2D eigenvalue weighted by molar-refractivity contribution is 5.83. The van der Waals surface area contributed by atoms with E-state index in [-0.39, 0.29) is 5.78 Å². The lowest BCUT2D eigenvalue weighted by Gasteiger charge is -2.02. The van der Waals surface area contributed by atoms with Gasteiger partial charge in [0.2, 0.25) is 0 Å². The Labute approximate surface area is 59.9 Å². The van der Waals surface area contributed by atoms with Crippen molar-refractivity contribution in [1.29, 1.82) is 0 Å². The van der Waals surface area contributed by atoms with Crippen molar-refractivity contribution < 1.29 is 4.79 Å². The minimum absolute atomic E-state index is 0.0142. The van der Waals surface area contributed by atoms with E-state index in [1.54, 1.807) is 6.92 Å². The summed E-state index contributed by atoms with van der Waals surface area (Å²) < 4.78 is 0. The summed E-state index contributed by atoms with van der Waals surface area (Å²) >= 11 is 0. The SMILES string of the molecule is CCC(=O)C(CC)N=[N+]=[N-]. The zero-order valence-electron chi connectivity index (χ0n) is 6.24. The van der Waals surface area contributed by atoms with Crippen molar-refractivity contribution in [2.75, 3.05) is 0 Å². The van der Waals surface area contributed by atoms with Gasteiger partial charge in [0.1, 0.15) is 5.78 Å². The predicted octanol–water partition coefficient (Wildman–Crippen LogP) is 2.05. The molecule has 0 aliphatic rings. The second-order valence-corrected chi connectivity index (χ2v) is 1.95. The summed E-state index contributed by atoms with van der Waals surface area (Å²) in [4.78, 5) is 13.4. The molecule has 0 aromatic rings. The molecule has 0 N–H and O–H groups in total. The first kappa shape index (κ1) is 8.98. The first-order valence-electron chi connectivity index (χ1n) is 3.33. The Hall–Kier alpha value is -1.02. The zero-order chi connectivity index (χ0) is 7.98. The van der Waals surface area contributed by atoms with Gasteiger partial charge in [0.15, 0.2) is 0 Å². The summed E-state index contributed by atoms with van der Waals surface area (Å²) in [6, 6.07) is -0.449. The molecule has 0 heterocycles. The Kier molecular flexibility index (Phi) is 4.33. The van der Waals surface area contributed by atoms with Gasteiger partial charge in [-0.15, -0.1) is 0 Å². The van der Waals surface area contributed by atoms with Gasteiger partial charge in [-0.1, -0.05) is 19.0 Å². The van der Waals surface area contributed by atoms with Crippen molar-refractivity contribution in [2.24, 2.45) is 5.11 Å². The molecule has 4 nitrogen and oxygen atoms in total. The maximum atomic E-state index is 10.9. The fourth-order valence-electron chi connectivity index (χ4n) is 0.672. The van der Waals surface area contributed by atoms with Crippen LogP contribution in [-0.2, 0) is 4.79 Å². The van der Waals surface area contributed by atoms with E-state index < -0.39 is 6.04 Å². The Morgan fingerprint density at radius 3 is 2.60 bits per heavy atom. The van der Waals surface area contributed by atoms with Gasteiger partial charge >= 0.3 is 0 Å². The first-order valence-corrected chi connectivity index (χ1v) is 3.33. The molecule has 10 heavy (non-hydrogen) atoms. The van der Waals surface area contributed by atoms with Crippen LogP contribution >= 0.6 is 0 Å². The van der Waals surface area contributed by atoms with Crippen molar-refractivity contribution in [3.05, 3.63) is 10.4 Å². The van der Waals surface area contributed by atoms with Crippen LogP contribution in [0, 0.1) is 0 Å². The van der Waals surface area contributed by atoms with E-state index in [0.29, 0.717) is 12.8 Å². The predicted molar refractivity (Wildman–Crippen MR) is 38.5 cm³/mol. The zero-order valence-corrected chi connectivity index (χ0v) is 6.24. The van der Waals surface area contributed by atoms with Crippen LogP contribution in [-0.4, -0.2) is 11.8 Å². The van der Waals surface area contributed by atoms with Crippen LogP contribution in [0.2, 0.25) is 0 Å². The van der Waals surface area contributed by atoms with Gasteiger partial charge < -0.3 is 0 Å². The number of hydrogen-bond donors (Lipinski definition) is 0. The molecular formula is C6H11N3O. The molecule has 0 fully saturated rings. The summed E-state index contributed by atoms with van der Waals surface area (Å²) in [5.74, 6) is 0.0142. The monoisotopic (exact) mass is 141 g/mol. The van der Waals surface area contributed by atoms with Crippen LogP contribution in [0.5, 0.6) is 0 Å². The Balaban J connectivity index is 4.05. The van der Waals surface area contributed by atoms with E-state index in [0.717, 1.165) is 0 Å². The van der Waals surface area contributed by atoms with Crippen molar-refractivity contribution >= 4 is 5.78 Å². The number of hydrogen-bond acceptors (Lipinski definition) is 2. The third-order valence-electron chi connectivity index (χ3n) is 1.30. The molecule has 0 aromatic carbocycles. The number of carbonyl (C=O) groups is 1. The summed E-state index contributed by atoms with van der Waals surface area (Å²) in [5.41, 5.74) is 8.02. The van der Waals surface area contributed by atoms with E-state index in [1.807, 2.05) is 6.92 Å². The molecule has 0 aliphatic heterocycles. The topological polar surface area (TPSA) is 65.8 Å². The van der Waals surface area contributed by atoms with Gasteiger partial charge in [-0.25, -0.2) is 0 Å². The maximum Gasteiger partial charge on any atom is 0.141 e. The molecule has 4 heteroatoms. The average Bonchev–Trinajstić information content (AvgIpc) is 1.99. The van der Waals surface area contributed by atoms with Crippen LogP contribution in [0.1, 0.15) is 26.7 Å². The summed E-state index contributed by atoms with van der Waals surface area (Å²) in [5, 5.41) is 3.34. The third-order valence-corrected chi connectivity index (χ3v) is 1.30. The fourth-order valence-corrected chi connectivity index (χ4v) is 0.672. The Morgan fingerprint density at radius 2 is 2.30 bits per heavy atom. The van der Waals surface area contributed by atoms with Crippen LogP contribution in [0.3, 0.4) is 0 Å². The second-order valence-electron chi connectivity index (χ2n) is 1.95. The fraction of sp³-hybridized carbons (Fsp3) is 0.833. The maximum absolute atomic E-state index is 10.9. The molecule has 56 valence electrons. The number of nitrogens with zero attached hydrogens (tertiary/aromatic N) is 3. The van der Waals surface area contributed by atoms with Crippen molar-refractivity contribution in [1.82, 2.24) is 0 Å². The van der Waals surface area contributed by atoms with Crippen LogP contribution < -0.4 is 0 Å². The average molecular weight is 141 g/mol. The highest BCUT2D eigenvalue weighted by atomic mass is 16.1. The number of rotatable bonds is 4. The largest absolute Gasteiger partial charge is 0.299 e.